The largest absolute Gasteiger partial charge is 0.361 e. The molecule has 1 unspecified atom stereocenters. The predicted molar refractivity (Wildman–Crippen MR) is 75.9 cm³/mol. The van der Waals surface area contributed by atoms with Crippen molar-refractivity contribution in [2.45, 2.75) is 19.9 Å². The third-order valence-corrected chi connectivity index (χ3v) is 4.09. The van der Waals surface area contributed by atoms with E-state index >= 15 is 0 Å². The summed E-state index contributed by atoms with van der Waals surface area (Å²) in [7, 11) is 0. The van der Waals surface area contributed by atoms with E-state index in [-0.39, 0.29) is 0 Å². The van der Waals surface area contributed by atoms with Crippen molar-refractivity contribution >= 4 is 10.9 Å². The van der Waals surface area contributed by atoms with Crippen LogP contribution in [0.5, 0.6) is 0 Å². The lowest BCUT2D eigenvalue weighted by Crippen LogP contribution is -2.44. The fourth-order valence-corrected chi connectivity index (χ4v) is 2.82. The minimum atomic E-state index is 0.505. The highest BCUT2D eigenvalue weighted by molar-refractivity contribution is 5.83. The van der Waals surface area contributed by atoms with Gasteiger partial charge in [-0.15, -0.1) is 0 Å². The molecule has 3 nitrogen and oxygen atoms in total. The average Bonchev–Trinajstić information content (AvgIpc) is 2.80. The van der Waals surface area contributed by atoms with Crippen molar-refractivity contribution in [1.29, 1.82) is 0 Å². The second-order valence-corrected chi connectivity index (χ2v) is 5.24. The summed E-state index contributed by atoms with van der Waals surface area (Å²) in [4.78, 5) is 5.87. The first kappa shape index (κ1) is 11.8. The summed E-state index contributed by atoms with van der Waals surface area (Å²) in [6.07, 6.45) is 2.09. The van der Waals surface area contributed by atoms with E-state index in [2.05, 4.69) is 53.4 Å². The summed E-state index contributed by atoms with van der Waals surface area (Å²) in [5.41, 5.74) is 4.00. The number of H-pyrrole nitrogens is 1. The topological polar surface area (TPSA) is 31.1 Å². The molecule has 0 amide bonds. The number of fused-ring (bicyclic) bond motifs is 1. The summed E-state index contributed by atoms with van der Waals surface area (Å²) >= 11 is 0. The number of aromatic nitrogens is 1. The first-order chi connectivity index (χ1) is 8.75. The SMILES string of the molecule is Cc1c[nH]c2ccc(C(C)N3CCNCC3)cc12. The number of nitrogens with zero attached hydrogens (tertiary/aromatic N) is 1. The van der Waals surface area contributed by atoms with E-state index in [1.54, 1.807) is 0 Å². The molecular weight excluding hydrogens is 222 g/mol. The minimum Gasteiger partial charge on any atom is -0.361 e. The molecule has 1 saturated heterocycles. The number of rotatable bonds is 2. The maximum absolute atomic E-state index is 3.41. The van der Waals surface area contributed by atoms with Crippen molar-refractivity contribution in [2.24, 2.45) is 0 Å². The molecule has 3 rings (SSSR count). The van der Waals surface area contributed by atoms with Crippen molar-refractivity contribution in [3.63, 3.8) is 0 Å². The molecule has 2 heterocycles. The van der Waals surface area contributed by atoms with Gasteiger partial charge in [0.05, 0.1) is 0 Å². The molecule has 1 aromatic carbocycles. The third kappa shape index (κ3) is 2.04. The molecule has 3 heteroatoms. The number of piperazine rings is 1. The molecule has 18 heavy (non-hydrogen) atoms. The van der Waals surface area contributed by atoms with Crippen LogP contribution in [-0.2, 0) is 0 Å². The normalized spacial score (nSPS) is 19.2. The van der Waals surface area contributed by atoms with Gasteiger partial charge in [-0.2, -0.15) is 0 Å². The van der Waals surface area contributed by atoms with Gasteiger partial charge in [0.25, 0.3) is 0 Å². The van der Waals surface area contributed by atoms with Gasteiger partial charge in [-0.25, -0.2) is 0 Å². The summed E-state index contributed by atoms with van der Waals surface area (Å²) in [6, 6.07) is 7.31. The van der Waals surface area contributed by atoms with E-state index in [0.29, 0.717) is 6.04 Å². The zero-order valence-corrected chi connectivity index (χ0v) is 11.2. The van der Waals surface area contributed by atoms with Crippen LogP contribution in [0.25, 0.3) is 10.9 Å². The lowest BCUT2D eigenvalue weighted by atomic mass is 10.0. The third-order valence-electron chi connectivity index (χ3n) is 4.09. The first-order valence-electron chi connectivity index (χ1n) is 6.78. The summed E-state index contributed by atoms with van der Waals surface area (Å²) in [6.45, 7) is 8.98. The van der Waals surface area contributed by atoms with Crippen LogP contribution in [0.4, 0.5) is 0 Å². The predicted octanol–water partition coefficient (Wildman–Crippen LogP) is 2.44. The van der Waals surface area contributed by atoms with Crippen LogP contribution in [0.15, 0.2) is 24.4 Å². The Hall–Kier alpha value is -1.32. The molecule has 0 aliphatic carbocycles. The molecule has 0 spiro atoms. The number of aryl methyl sites for hydroxylation is 1. The lowest BCUT2D eigenvalue weighted by Gasteiger charge is -2.33. The molecule has 0 radical (unpaired) electrons. The summed E-state index contributed by atoms with van der Waals surface area (Å²) in [5, 5.41) is 4.76. The fourth-order valence-electron chi connectivity index (χ4n) is 2.82. The molecule has 2 aromatic rings. The molecule has 0 bridgehead atoms. The van der Waals surface area contributed by atoms with Crippen LogP contribution in [0.2, 0.25) is 0 Å². The highest BCUT2D eigenvalue weighted by atomic mass is 15.2. The monoisotopic (exact) mass is 243 g/mol. The zero-order valence-electron chi connectivity index (χ0n) is 11.2. The maximum atomic E-state index is 3.41. The van der Waals surface area contributed by atoms with Crippen molar-refractivity contribution in [2.75, 3.05) is 26.2 Å². The molecule has 0 saturated carbocycles. The number of aromatic amines is 1. The smallest absolute Gasteiger partial charge is 0.0456 e. The molecule has 1 fully saturated rings. The van der Waals surface area contributed by atoms with Gasteiger partial charge in [0.1, 0.15) is 0 Å². The Balaban J connectivity index is 1.90. The van der Waals surface area contributed by atoms with Crippen molar-refractivity contribution in [3.05, 3.63) is 35.5 Å². The Labute approximate surface area is 108 Å². The number of benzene rings is 1. The van der Waals surface area contributed by atoms with Gasteiger partial charge < -0.3 is 10.3 Å². The van der Waals surface area contributed by atoms with Crippen molar-refractivity contribution in [1.82, 2.24) is 15.2 Å². The summed E-state index contributed by atoms with van der Waals surface area (Å²) in [5.74, 6) is 0. The van der Waals surface area contributed by atoms with Gasteiger partial charge in [0.15, 0.2) is 0 Å². The highest BCUT2D eigenvalue weighted by Gasteiger charge is 2.18. The Bertz CT molecular complexity index is 538. The minimum absolute atomic E-state index is 0.505. The Morgan fingerprint density at radius 1 is 1.22 bits per heavy atom. The van der Waals surface area contributed by atoms with Gasteiger partial charge >= 0.3 is 0 Å². The standard InChI is InChI=1S/C15H21N3/c1-11-10-17-15-4-3-13(9-14(11)15)12(2)18-7-5-16-6-8-18/h3-4,9-10,12,16-17H,5-8H2,1-2H3. The van der Waals surface area contributed by atoms with Crippen LogP contribution < -0.4 is 5.32 Å². The van der Waals surface area contributed by atoms with E-state index < -0.39 is 0 Å². The molecular formula is C15H21N3. The average molecular weight is 243 g/mol. The Kier molecular flexibility index (Phi) is 3.10. The quantitative estimate of drug-likeness (QED) is 0.849. The van der Waals surface area contributed by atoms with Crippen LogP contribution in [-0.4, -0.2) is 36.1 Å². The van der Waals surface area contributed by atoms with Gasteiger partial charge in [0, 0.05) is 49.3 Å². The van der Waals surface area contributed by atoms with Crippen LogP contribution in [0.1, 0.15) is 24.1 Å². The second kappa shape index (κ2) is 4.75. The first-order valence-corrected chi connectivity index (χ1v) is 6.78. The van der Waals surface area contributed by atoms with E-state index in [1.807, 2.05) is 0 Å². The van der Waals surface area contributed by atoms with Gasteiger partial charge in [0.2, 0.25) is 0 Å². The number of hydrogen-bond acceptors (Lipinski definition) is 2. The maximum Gasteiger partial charge on any atom is 0.0456 e. The van der Waals surface area contributed by atoms with Gasteiger partial charge in [-0.05, 0) is 37.1 Å². The Morgan fingerprint density at radius 3 is 2.78 bits per heavy atom. The molecule has 1 aliphatic rings. The van der Waals surface area contributed by atoms with Gasteiger partial charge in [-0.1, -0.05) is 6.07 Å². The van der Waals surface area contributed by atoms with Crippen LogP contribution in [0, 0.1) is 6.92 Å². The fraction of sp³-hybridized carbons (Fsp3) is 0.467. The van der Waals surface area contributed by atoms with Crippen molar-refractivity contribution in [3.8, 4) is 0 Å². The number of hydrogen-bond donors (Lipinski definition) is 2. The molecule has 96 valence electrons. The van der Waals surface area contributed by atoms with Crippen molar-refractivity contribution < 1.29 is 0 Å². The lowest BCUT2D eigenvalue weighted by molar-refractivity contribution is 0.185. The van der Waals surface area contributed by atoms with E-state index in [9.17, 15) is 0 Å². The van der Waals surface area contributed by atoms with Crippen LogP contribution in [0.3, 0.4) is 0 Å². The van der Waals surface area contributed by atoms with E-state index in [1.165, 1.54) is 22.0 Å². The van der Waals surface area contributed by atoms with Gasteiger partial charge in [-0.3, -0.25) is 4.90 Å². The molecule has 1 atom stereocenters. The Morgan fingerprint density at radius 2 is 2.00 bits per heavy atom. The highest BCUT2D eigenvalue weighted by Crippen LogP contribution is 2.25. The summed E-state index contributed by atoms with van der Waals surface area (Å²) < 4.78 is 0. The van der Waals surface area contributed by atoms with Crippen LogP contribution >= 0.6 is 0 Å². The molecule has 2 N–H and O–H groups in total. The number of nitrogens with one attached hydrogen (secondary N) is 2. The molecule has 1 aliphatic heterocycles. The molecule has 1 aromatic heterocycles. The zero-order chi connectivity index (χ0) is 12.5. The van der Waals surface area contributed by atoms with E-state index in [4.69, 9.17) is 0 Å². The second-order valence-electron chi connectivity index (χ2n) is 5.24. The van der Waals surface area contributed by atoms with E-state index in [0.717, 1.165) is 26.2 Å².